The first-order valence-electron chi connectivity index (χ1n) is 7.03. The summed E-state index contributed by atoms with van der Waals surface area (Å²) in [6.45, 7) is 5.98. The molecule has 2 unspecified atom stereocenters. The van der Waals surface area contributed by atoms with Crippen molar-refractivity contribution in [3.05, 3.63) is 18.0 Å². The highest BCUT2D eigenvalue weighted by Gasteiger charge is 2.46. The molecule has 1 saturated heterocycles. The third-order valence-corrected chi connectivity index (χ3v) is 4.01. The van der Waals surface area contributed by atoms with Crippen LogP contribution in [-0.2, 0) is 23.2 Å². The van der Waals surface area contributed by atoms with Gasteiger partial charge in [0.15, 0.2) is 0 Å². The lowest BCUT2D eigenvalue weighted by molar-refractivity contribution is -0.155. The molecule has 1 N–H and O–H groups in total. The van der Waals surface area contributed by atoms with E-state index in [4.69, 9.17) is 0 Å². The van der Waals surface area contributed by atoms with Crippen LogP contribution in [0.2, 0.25) is 0 Å². The van der Waals surface area contributed by atoms with Gasteiger partial charge in [-0.1, -0.05) is 13.8 Å². The van der Waals surface area contributed by atoms with Crippen molar-refractivity contribution in [2.24, 2.45) is 7.05 Å². The largest absolute Gasteiger partial charge is 0.340 e. The van der Waals surface area contributed by atoms with Crippen molar-refractivity contribution in [3.8, 4) is 0 Å². The van der Waals surface area contributed by atoms with Crippen LogP contribution in [0.5, 0.6) is 0 Å². The molecule has 1 aliphatic heterocycles. The third kappa shape index (κ3) is 2.42. The van der Waals surface area contributed by atoms with Crippen molar-refractivity contribution >= 4 is 11.8 Å². The SMILES string of the molecule is CCC1C(=O)NC(C)(CC)C(=O)N1Cc1ccn(C)n1. The standard InChI is InChI=1S/C14H22N4O2/c1-5-11-12(19)15-14(3,6-2)13(20)18(11)9-10-7-8-17(4)16-10/h7-8,11H,5-6,9H2,1-4H3,(H,15,19). The highest BCUT2D eigenvalue weighted by molar-refractivity contribution is 5.99. The van der Waals surface area contributed by atoms with Gasteiger partial charge in [0.25, 0.3) is 0 Å². The minimum atomic E-state index is -0.808. The average Bonchev–Trinajstić information content (AvgIpc) is 2.81. The Balaban J connectivity index is 2.29. The average molecular weight is 278 g/mol. The summed E-state index contributed by atoms with van der Waals surface area (Å²) in [6, 6.07) is 1.46. The van der Waals surface area contributed by atoms with Crippen LogP contribution < -0.4 is 5.32 Å². The number of amides is 2. The summed E-state index contributed by atoms with van der Waals surface area (Å²) in [5.74, 6) is -0.107. The van der Waals surface area contributed by atoms with E-state index >= 15 is 0 Å². The van der Waals surface area contributed by atoms with Gasteiger partial charge in [-0.25, -0.2) is 0 Å². The van der Waals surface area contributed by atoms with Crippen LogP contribution in [0.4, 0.5) is 0 Å². The van der Waals surface area contributed by atoms with Gasteiger partial charge in [-0.15, -0.1) is 0 Å². The van der Waals surface area contributed by atoms with Crippen LogP contribution in [0, 0.1) is 0 Å². The third-order valence-electron chi connectivity index (χ3n) is 4.01. The number of rotatable bonds is 4. The van der Waals surface area contributed by atoms with Crippen molar-refractivity contribution in [2.45, 2.75) is 51.7 Å². The molecule has 0 bridgehead atoms. The van der Waals surface area contributed by atoms with Crippen LogP contribution in [-0.4, -0.2) is 38.1 Å². The molecular formula is C14H22N4O2. The second-order valence-electron chi connectivity index (χ2n) is 5.51. The first kappa shape index (κ1) is 14.6. The normalized spacial score (nSPS) is 26.8. The Kier molecular flexibility index (Phi) is 3.83. The summed E-state index contributed by atoms with van der Waals surface area (Å²) in [6.07, 6.45) is 3.01. The fourth-order valence-corrected chi connectivity index (χ4v) is 2.56. The minimum absolute atomic E-state index is 0.0305. The van der Waals surface area contributed by atoms with E-state index in [0.717, 1.165) is 5.69 Å². The van der Waals surface area contributed by atoms with E-state index < -0.39 is 11.6 Å². The van der Waals surface area contributed by atoms with Gasteiger partial charge in [0, 0.05) is 13.2 Å². The van der Waals surface area contributed by atoms with Crippen molar-refractivity contribution in [1.82, 2.24) is 20.0 Å². The number of carbonyl (C=O) groups excluding carboxylic acids is 2. The predicted octanol–water partition coefficient (Wildman–Crippen LogP) is 0.826. The van der Waals surface area contributed by atoms with E-state index in [9.17, 15) is 9.59 Å². The Bertz CT molecular complexity index is 525. The Labute approximate surface area is 119 Å². The van der Waals surface area contributed by atoms with Gasteiger partial charge in [0.05, 0.1) is 12.2 Å². The smallest absolute Gasteiger partial charge is 0.249 e. The summed E-state index contributed by atoms with van der Waals surface area (Å²) in [7, 11) is 1.84. The Morgan fingerprint density at radius 1 is 1.40 bits per heavy atom. The summed E-state index contributed by atoms with van der Waals surface area (Å²) in [5.41, 5.74) is -0.00943. The molecule has 1 aromatic rings. The van der Waals surface area contributed by atoms with Gasteiger partial charge in [0.2, 0.25) is 11.8 Å². The zero-order valence-electron chi connectivity index (χ0n) is 12.5. The monoisotopic (exact) mass is 278 g/mol. The molecule has 2 atom stereocenters. The molecule has 110 valence electrons. The first-order chi connectivity index (χ1) is 9.41. The van der Waals surface area contributed by atoms with Crippen LogP contribution in [0.25, 0.3) is 0 Å². The molecule has 6 nitrogen and oxygen atoms in total. The number of nitrogens with one attached hydrogen (secondary N) is 1. The molecule has 0 aliphatic carbocycles. The molecule has 1 aliphatic rings. The number of nitrogens with zero attached hydrogens (tertiary/aromatic N) is 3. The molecule has 1 fully saturated rings. The lowest BCUT2D eigenvalue weighted by atomic mass is 9.91. The molecule has 0 radical (unpaired) electrons. The van der Waals surface area contributed by atoms with E-state index in [0.29, 0.717) is 19.4 Å². The Hall–Kier alpha value is -1.85. The number of aromatic nitrogens is 2. The number of hydrogen-bond acceptors (Lipinski definition) is 3. The lowest BCUT2D eigenvalue weighted by Crippen LogP contribution is -2.68. The lowest BCUT2D eigenvalue weighted by Gasteiger charge is -2.43. The fourth-order valence-electron chi connectivity index (χ4n) is 2.56. The quantitative estimate of drug-likeness (QED) is 0.887. The Morgan fingerprint density at radius 2 is 2.10 bits per heavy atom. The maximum Gasteiger partial charge on any atom is 0.249 e. The molecule has 0 saturated carbocycles. The molecular weight excluding hydrogens is 256 g/mol. The van der Waals surface area contributed by atoms with Gasteiger partial charge in [-0.2, -0.15) is 5.10 Å². The molecule has 20 heavy (non-hydrogen) atoms. The van der Waals surface area contributed by atoms with Gasteiger partial charge < -0.3 is 10.2 Å². The topological polar surface area (TPSA) is 67.2 Å². The van der Waals surface area contributed by atoms with Crippen molar-refractivity contribution < 1.29 is 9.59 Å². The second kappa shape index (κ2) is 5.26. The van der Waals surface area contributed by atoms with E-state index in [1.54, 1.807) is 16.5 Å². The summed E-state index contributed by atoms with van der Waals surface area (Å²) in [4.78, 5) is 26.6. The summed E-state index contributed by atoms with van der Waals surface area (Å²) < 4.78 is 1.70. The van der Waals surface area contributed by atoms with E-state index in [1.807, 2.05) is 33.2 Å². The van der Waals surface area contributed by atoms with Crippen molar-refractivity contribution in [3.63, 3.8) is 0 Å². The fraction of sp³-hybridized carbons (Fsp3) is 0.643. The van der Waals surface area contributed by atoms with Gasteiger partial charge in [0.1, 0.15) is 11.6 Å². The number of hydrogen-bond donors (Lipinski definition) is 1. The highest BCUT2D eigenvalue weighted by atomic mass is 16.2. The van der Waals surface area contributed by atoms with Crippen LogP contribution in [0.1, 0.15) is 39.3 Å². The van der Waals surface area contributed by atoms with E-state index in [2.05, 4.69) is 10.4 Å². The maximum atomic E-state index is 12.7. The molecule has 2 amide bonds. The summed E-state index contributed by atoms with van der Waals surface area (Å²) >= 11 is 0. The predicted molar refractivity (Wildman–Crippen MR) is 74.7 cm³/mol. The zero-order valence-corrected chi connectivity index (χ0v) is 12.5. The minimum Gasteiger partial charge on any atom is -0.340 e. The summed E-state index contributed by atoms with van der Waals surface area (Å²) in [5, 5.41) is 7.16. The van der Waals surface area contributed by atoms with Gasteiger partial charge in [-0.05, 0) is 25.8 Å². The highest BCUT2D eigenvalue weighted by Crippen LogP contribution is 2.24. The zero-order chi connectivity index (χ0) is 14.9. The number of aryl methyl sites for hydroxylation is 1. The number of piperazine rings is 1. The van der Waals surface area contributed by atoms with Crippen LogP contribution >= 0.6 is 0 Å². The molecule has 1 aromatic heterocycles. The Morgan fingerprint density at radius 3 is 2.60 bits per heavy atom. The maximum absolute atomic E-state index is 12.7. The molecule has 0 aromatic carbocycles. The molecule has 6 heteroatoms. The molecule has 2 rings (SSSR count). The van der Waals surface area contributed by atoms with Crippen molar-refractivity contribution in [2.75, 3.05) is 0 Å². The molecule has 0 spiro atoms. The van der Waals surface area contributed by atoms with Crippen LogP contribution in [0.3, 0.4) is 0 Å². The number of carbonyl (C=O) groups is 2. The van der Waals surface area contributed by atoms with Crippen molar-refractivity contribution in [1.29, 1.82) is 0 Å². The van der Waals surface area contributed by atoms with Crippen LogP contribution in [0.15, 0.2) is 12.3 Å². The molecule has 2 heterocycles. The second-order valence-corrected chi connectivity index (χ2v) is 5.51. The van der Waals surface area contributed by atoms with E-state index in [1.165, 1.54) is 0 Å². The van der Waals surface area contributed by atoms with Gasteiger partial charge in [-0.3, -0.25) is 14.3 Å². The first-order valence-corrected chi connectivity index (χ1v) is 7.03. The van der Waals surface area contributed by atoms with Gasteiger partial charge >= 0.3 is 0 Å². The van der Waals surface area contributed by atoms with E-state index in [-0.39, 0.29) is 11.8 Å².